The molecule has 0 aromatic heterocycles. The Hall–Kier alpha value is -7.74. The van der Waals surface area contributed by atoms with Crippen LogP contribution in [0.1, 0.15) is 0 Å². The molecule has 0 atom stereocenters. The Morgan fingerprint density at radius 1 is 0.203 bits per heavy atom. The van der Waals surface area contributed by atoms with Crippen LogP contribution in [0, 0.1) is 0 Å². The number of rotatable bonds is 9. The minimum absolute atomic E-state index is 1.09. The van der Waals surface area contributed by atoms with Crippen LogP contribution in [0.3, 0.4) is 0 Å². The number of benzene rings is 10. The molecular formula is C58H41N. The summed E-state index contributed by atoms with van der Waals surface area (Å²) in [5.74, 6) is 0. The predicted octanol–water partition coefficient (Wildman–Crippen LogP) is 16.3. The van der Waals surface area contributed by atoms with Crippen LogP contribution in [-0.4, -0.2) is 0 Å². The van der Waals surface area contributed by atoms with Crippen molar-refractivity contribution in [2.24, 2.45) is 0 Å². The summed E-state index contributed by atoms with van der Waals surface area (Å²) in [6.45, 7) is 0. The van der Waals surface area contributed by atoms with Gasteiger partial charge in [-0.1, -0.05) is 212 Å². The van der Waals surface area contributed by atoms with E-state index in [1.54, 1.807) is 0 Å². The molecule has 0 amide bonds. The third-order valence-corrected chi connectivity index (χ3v) is 11.3. The van der Waals surface area contributed by atoms with Crippen molar-refractivity contribution in [3.63, 3.8) is 0 Å². The summed E-state index contributed by atoms with van der Waals surface area (Å²) in [6, 6.07) is 89.7. The normalized spacial score (nSPS) is 11.1. The van der Waals surface area contributed by atoms with Gasteiger partial charge in [-0.2, -0.15) is 0 Å². The highest BCUT2D eigenvalue weighted by molar-refractivity contribution is 6.04. The number of nitrogens with zero attached hydrogens (tertiary/aromatic N) is 1. The second-order valence-corrected chi connectivity index (χ2v) is 14.9. The molecule has 0 bridgehead atoms. The lowest BCUT2D eigenvalue weighted by Crippen LogP contribution is -2.09. The van der Waals surface area contributed by atoms with E-state index in [4.69, 9.17) is 0 Å². The molecule has 278 valence electrons. The van der Waals surface area contributed by atoms with Crippen molar-refractivity contribution in [2.45, 2.75) is 0 Å². The predicted molar refractivity (Wildman–Crippen MR) is 251 cm³/mol. The van der Waals surface area contributed by atoms with Gasteiger partial charge in [-0.25, -0.2) is 0 Å². The van der Waals surface area contributed by atoms with Crippen molar-refractivity contribution < 1.29 is 0 Å². The summed E-state index contributed by atoms with van der Waals surface area (Å²) in [6.07, 6.45) is 0. The standard InChI is InChI=1S/C58H41N/c1-4-16-42(17-5-1)43-28-35-49(36-29-43)59(51-39-32-48(33-40-51)58-54-25-11-10-22-46(54)34-41-55(58)45-20-8-3-9-21-45)50-37-30-47(31-38-50)53-24-13-15-27-57(53)56-26-14-12-23-52(56)44-18-6-2-7-19-44/h1-41H. The molecule has 0 radical (unpaired) electrons. The van der Waals surface area contributed by atoms with E-state index in [0.717, 1.165) is 17.1 Å². The van der Waals surface area contributed by atoms with E-state index in [0.29, 0.717) is 0 Å². The smallest absolute Gasteiger partial charge is 0.0462 e. The van der Waals surface area contributed by atoms with E-state index >= 15 is 0 Å². The first-order valence-electron chi connectivity index (χ1n) is 20.3. The summed E-state index contributed by atoms with van der Waals surface area (Å²) in [5, 5.41) is 2.48. The number of fused-ring (bicyclic) bond motifs is 1. The third kappa shape index (κ3) is 7.12. The van der Waals surface area contributed by atoms with E-state index in [-0.39, 0.29) is 0 Å². The Kier molecular flexibility index (Phi) is 9.68. The van der Waals surface area contributed by atoms with Crippen molar-refractivity contribution in [2.75, 3.05) is 4.90 Å². The zero-order valence-corrected chi connectivity index (χ0v) is 32.6. The molecule has 10 aromatic carbocycles. The molecule has 0 heterocycles. The quantitative estimate of drug-likeness (QED) is 0.142. The fourth-order valence-corrected chi connectivity index (χ4v) is 8.45. The zero-order chi connectivity index (χ0) is 39.4. The summed E-state index contributed by atoms with van der Waals surface area (Å²) in [5.41, 5.74) is 17.8. The first kappa shape index (κ1) is 35.7. The highest BCUT2D eigenvalue weighted by Crippen LogP contribution is 2.43. The van der Waals surface area contributed by atoms with E-state index in [9.17, 15) is 0 Å². The maximum absolute atomic E-state index is 2.36. The van der Waals surface area contributed by atoms with Crippen LogP contribution < -0.4 is 4.90 Å². The lowest BCUT2D eigenvalue weighted by Gasteiger charge is -2.26. The third-order valence-electron chi connectivity index (χ3n) is 11.3. The van der Waals surface area contributed by atoms with Crippen LogP contribution in [0.5, 0.6) is 0 Å². The van der Waals surface area contributed by atoms with Crippen LogP contribution in [0.4, 0.5) is 17.1 Å². The summed E-state index contributed by atoms with van der Waals surface area (Å²) in [4.78, 5) is 2.36. The van der Waals surface area contributed by atoms with Gasteiger partial charge in [0.15, 0.2) is 0 Å². The first-order chi connectivity index (χ1) is 29.3. The van der Waals surface area contributed by atoms with Crippen molar-refractivity contribution in [1.82, 2.24) is 0 Å². The molecule has 0 fully saturated rings. The molecule has 0 aliphatic carbocycles. The molecule has 10 aromatic rings. The first-order valence-corrected chi connectivity index (χ1v) is 20.3. The Labute approximate surface area is 346 Å². The van der Waals surface area contributed by atoms with Crippen LogP contribution in [0.25, 0.3) is 77.5 Å². The van der Waals surface area contributed by atoms with Gasteiger partial charge in [0.1, 0.15) is 0 Å². The maximum Gasteiger partial charge on any atom is 0.0462 e. The van der Waals surface area contributed by atoms with Crippen LogP contribution >= 0.6 is 0 Å². The van der Waals surface area contributed by atoms with Gasteiger partial charge in [0.2, 0.25) is 0 Å². The average Bonchev–Trinajstić information content (AvgIpc) is 3.33. The monoisotopic (exact) mass is 751 g/mol. The van der Waals surface area contributed by atoms with Gasteiger partial charge in [0, 0.05) is 17.1 Å². The molecule has 1 heteroatoms. The van der Waals surface area contributed by atoms with Gasteiger partial charge >= 0.3 is 0 Å². The Morgan fingerprint density at radius 2 is 0.559 bits per heavy atom. The second-order valence-electron chi connectivity index (χ2n) is 14.9. The Bertz CT molecular complexity index is 2990. The van der Waals surface area contributed by atoms with Crippen molar-refractivity contribution in [1.29, 1.82) is 0 Å². The van der Waals surface area contributed by atoms with Gasteiger partial charge in [-0.05, 0) is 114 Å². The molecule has 0 aliphatic rings. The van der Waals surface area contributed by atoms with Crippen LogP contribution in [-0.2, 0) is 0 Å². The van der Waals surface area contributed by atoms with E-state index in [1.165, 1.54) is 77.5 Å². The zero-order valence-electron chi connectivity index (χ0n) is 32.6. The largest absolute Gasteiger partial charge is 0.311 e. The summed E-state index contributed by atoms with van der Waals surface area (Å²) < 4.78 is 0. The van der Waals surface area contributed by atoms with Crippen LogP contribution in [0.15, 0.2) is 249 Å². The molecule has 0 saturated heterocycles. The van der Waals surface area contributed by atoms with Gasteiger partial charge < -0.3 is 4.90 Å². The maximum atomic E-state index is 2.36. The van der Waals surface area contributed by atoms with Crippen molar-refractivity contribution >= 4 is 27.8 Å². The van der Waals surface area contributed by atoms with Crippen molar-refractivity contribution in [3.05, 3.63) is 249 Å². The van der Waals surface area contributed by atoms with Crippen LogP contribution in [0.2, 0.25) is 0 Å². The SMILES string of the molecule is c1ccc(-c2ccc(N(c3ccc(-c4ccccc4-c4ccccc4-c4ccccc4)cc3)c3ccc(-c4c(-c5ccccc5)ccc5ccccc45)cc3)cc2)cc1. The molecule has 0 unspecified atom stereocenters. The lowest BCUT2D eigenvalue weighted by atomic mass is 9.89. The van der Waals surface area contributed by atoms with Gasteiger partial charge in [0.25, 0.3) is 0 Å². The lowest BCUT2D eigenvalue weighted by molar-refractivity contribution is 1.28. The molecule has 10 rings (SSSR count). The van der Waals surface area contributed by atoms with Crippen molar-refractivity contribution in [3.8, 4) is 66.8 Å². The Morgan fingerprint density at radius 3 is 1.08 bits per heavy atom. The fourth-order valence-electron chi connectivity index (χ4n) is 8.45. The highest BCUT2D eigenvalue weighted by Gasteiger charge is 2.17. The number of anilines is 3. The molecule has 59 heavy (non-hydrogen) atoms. The second kappa shape index (κ2) is 16.0. The fraction of sp³-hybridized carbons (Fsp3) is 0. The highest BCUT2D eigenvalue weighted by atomic mass is 15.1. The Balaban J connectivity index is 1.06. The summed E-state index contributed by atoms with van der Waals surface area (Å²) in [7, 11) is 0. The molecule has 1 nitrogen and oxygen atoms in total. The molecule has 0 spiro atoms. The average molecular weight is 752 g/mol. The van der Waals surface area contributed by atoms with E-state index < -0.39 is 0 Å². The van der Waals surface area contributed by atoms with Gasteiger partial charge in [0.05, 0.1) is 0 Å². The molecule has 0 aliphatic heterocycles. The molecular weight excluding hydrogens is 711 g/mol. The van der Waals surface area contributed by atoms with Gasteiger partial charge in [-0.15, -0.1) is 0 Å². The minimum atomic E-state index is 1.09. The van der Waals surface area contributed by atoms with E-state index in [2.05, 4.69) is 254 Å². The van der Waals surface area contributed by atoms with Gasteiger partial charge in [-0.3, -0.25) is 0 Å². The summed E-state index contributed by atoms with van der Waals surface area (Å²) >= 11 is 0. The number of hydrogen-bond donors (Lipinski definition) is 0. The number of hydrogen-bond acceptors (Lipinski definition) is 1. The van der Waals surface area contributed by atoms with E-state index in [1.807, 2.05) is 0 Å². The topological polar surface area (TPSA) is 3.24 Å². The molecule has 0 saturated carbocycles. The minimum Gasteiger partial charge on any atom is -0.311 e. The molecule has 0 N–H and O–H groups in total.